The first kappa shape index (κ1) is 39.4. The molecule has 1 aliphatic carbocycles. The molecule has 0 spiro atoms. The molecule has 2 nitrogen and oxygen atoms in total. The van der Waals surface area contributed by atoms with E-state index in [2.05, 4.69) is 255 Å². The third-order valence-electron chi connectivity index (χ3n) is 14.9. The van der Waals surface area contributed by atoms with Crippen molar-refractivity contribution in [1.82, 2.24) is 9.13 Å². The highest BCUT2D eigenvalue weighted by atomic mass is 28.3. The molecule has 2 heterocycles. The normalized spacial score (nSPS) is 14.6. The van der Waals surface area contributed by atoms with Gasteiger partial charge in [0.2, 0.25) is 0 Å². The number of nitrogens with zero attached hydrogens (tertiary/aromatic N) is 2. The molecule has 3 heteroatoms. The number of benzene rings is 9. The highest BCUT2D eigenvalue weighted by Gasteiger charge is 2.44. The number of hydrogen-bond acceptors (Lipinski definition) is 0. The van der Waals surface area contributed by atoms with Gasteiger partial charge >= 0.3 is 0 Å². The predicted octanol–water partition coefficient (Wildman–Crippen LogP) is 13.3. The van der Waals surface area contributed by atoms with E-state index >= 15 is 0 Å². The van der Waals surface area contributed by atoms with Crippen molar-refractivity contribution in [3.63, 3.8) is 0 Å². The Labute approximate surface area is 383 Å². The van der Waals surface area contributed by atoms with Gasteiger partial charge in [0.15, 0.2) is 8.07 Å². The third kappa shape index (κ3) is 6.13. The lowest BCUT2D eigenvalue weighted by atomic mass is 9.63. The molecule has 0 fully saturated rings. The minimum absolute atomic E-state index is 0.0909. The molecular formula is C62H52N2Si. The zero-order valence-corrected chi connectivity index (χ0v) is 38.6. The van der Waals surface area contributed by atoms with Gasteiger partial charge in [-0.25, -0.2) is 0 Å². The van der Waals surface area contributed by atoms with Gasteiger partial charge in [-0.15, -0.1) is 0 Å². The van der Waals surface area contributed by atoms with E-state index in [9.17, 15) is 0 Å². The average molecular weight is 853 g/mol. The lowest BCUT2D eigenvalue weighted by Gasteiger charge is -2.43. The van der Waals surface area contributed by atoms with E-state index in [4.69, 9.17) is 0 Å². The van der Waals surface area contributed by atoms with Crippen LogP contribution in [0.25, 0.3) is 66.1 Å². The first-order valence-electron chi connectivity index (χ1n) is 23.2. The summed E-state index contributed by atoms with van der Waals surface area (Å²) < 4.78 is 4.88. The molecule has 0 aliphatic heterocycles. The van der Waals surface area contributed by atoms with Gasteiger partial charge in [-0.05, 0) is 115 Å². The van der Waals surface area contributed by atoms with Crippen molar-refractivity contribution >= 4 is 72.4 Å². The second-order valence-electron chi connectivity index (χ2n) is 19.6. The second kappa shape index (κ2) is 14.9. The monoisotopic (exact) mass is 852 g/mol. The van der Waals surface area contributed by atoms with E-state index in [-0.39, 0.29) is 10.8 Å². The molecule has 0 saturated heterocycles. The van der Waals surface area contributed by atoms with Crippen molar-refractivity contribution in [1.29, 1.82) is 0 Å². The van der Waals surface area contributed by atoms with Gasteiger partial charge in [0.1, 0.15) is 0 Å². The molecule has 9 aromatic carbocycles. The number of rotatable bonds is 7. The van der Waals surface area contributed by atoms with E-state index in [1.807, 2.05) is 0 Å². The van der Waals surface area contributed by atoms with Gasteiger partial charge in [-0.2, -0.15) is 0 Å². The molecular weight excluding hydrogens is 801 g/mol. The topological polar surface area (TPSA) is 9.86 Å². The van der Waals surface area contributed by atoms with Crippen molar-refractivity contribution in [2.45, 2.75) is 51.4 Å². The number of aromatic nitrogens is 2. The van der Waals surface area contributed by atoms with E-state index in [0.717, 1.165) is 5.69 Å². The van der Waals surface area contributed by atoms with Gasteiger partial charge < -0.3 is 9.13 Å². The van der Waals surface area contributed by atoms with Crippen LogP contribution in [0.1, 0.15) is 51.7 Å². The zero-order valence-electron chi connectivity index (χ0n) is 37.6. The molecule has 2 aromatic heterocycles. The van der Waals surface area contributed by atoms with Crippen molar-refractivity contribution in [2.75, 3.05) is 0 Å². The van der Waals surface area contributed by atoms with Gasteiger partial charge in [0.05, 0.1) is 22.1 Å². The summed E-state index contributed by atoms with van der Waals surface area (Å²) in [4.78, 5) is 0. The third-order valence-corrected chi connectivity index (χ3v) is 19.7. The lowest BCUT2D eigenvalue weighted by Crippen LogP contribution is -2.75. The maximum absolute atomic E-state index is 2.85. The molecule has 0 bridgehead atoms. The van der Waals surface area contributed by atoms with Crippen LogP contribution in [0.15, 0.2) is 218 Å². The molecule has 0 radical (unpaired) electrons. The molecule has 65 heavy (non-hydrogen) atoms. The smallest absolute Gasteiger partial charge is 0.179 e. The van der Waals surface area contributed by atoms with E-state index < -0.39 is 8.07 Å². The van der Waals surface area contributed by atoms with Crippen LogP contribution >= 0.6 is 0 Å². The van der Waals surface area contributed by atoms with Gasteiger partial charge in [-0.3, -0.25) is 0 Å². The highest BCUT2D eigenvalue weighted by molar-refractivity contribution is 7.20. The Balaban J connectivity index is 1.07. The molecule has 0 unspecified atom stereocenters. The Kier molecular flexibility index (Phi) is 9.05. The van der Waals surface area contributed by atoms with E-state index in [0.29, 0.717) is 0 Å². The summed E-state index contributed by atoms with van der Waals surface area (Å²) in [5.41, 5.74) is 12.8. The second-order valence-corrected chi connectivity index (χ2v) is 23.4. The Morgan fingerprint density at radius 1 is 0.323 bits per heavy atom. The maximum Gasteiger partial charge on any atom is 0.179 e. The summed E-state index contributed by atoms with van der Waals surface area (Å²) in [6.45, 7) is 9.77. The Morgan fingerprint density at radius 3 is 1.51 bits per heavy atom. The molecule has 314 valence electrons. The Bertz CT molecular complexity index is 3550. The average Bonchev–Trinajstić information content (AvgIpc) is 3.86. The quantitative estimate of drug-likeness (QED) is 0.112. The first-order chi connectivity index (χ1) is 31.7. The molecule has 11 aromatic rings. The van der Waals surface area contributed by atoms with Crippen molar-refractivity contribution in [3.8, 4) is 22.5 Å². The zero-order chi connectivity index (χ0) is 43.9. The van der Waals surface area contributed by atoms with Gasteiger partial charge in [-0.1, -0.05) is 198 Å². The number of hydrogen-bond donors (Lipinski definition) is 0. The fourth-order valence-electron chi connectivity index (χ4n) is 11.5. The predicted molar refractivity (Wildman–Crippen MR) is 279 cm³/mol. The van der Waals surface area contributed by atoms with Crippen LogP contribution < -0.4 is 20.7 Å². The summed E-state index contributed by atoms with van der Waals surface area (Å²) >= 11 is 0. The fraction of sp³-hybridized carbons (Fsp3) is 0.129. The summed E-state index contributed by atoms with van der Waals surface area (Å²) in [6.07, 6.45) is 2.38. The van der Waals surface area contributed by atoms with Gasteiger partial charge in [0, 0.05) is 32.9 Å². The van der Waals surface area contributed by atoms with Crippen LogP contribution in [-0.2, 0) is 10.8 Å². The maximum atomic E-state index is 2.63. The van der Waals surface area contributed by atoms with Crippen LogP contribution in [-0.4, -0.2) is 17.2 Å². The SMILES string of the molecule is CC1(C)CCC(C)(C)c2cc([Si](c3ccccc3)(c3ccccc3)c3cccc(-c4ccc5c6ccccc6n(-c6ccc7c(c6)c6ccccc6n7-c6ccccc6)c5c4)c3)ccc21. The number of para-hydroxylation sites is 3. The molecule has 0 amide bonds. The standard InChI is InChI=1S/C62H52N2Si/c1-61(2)37-38-62(3,4)56-42-50(33-35-55(56)61)65(47-22-10-6-11-23-47,48-24-12-7-13-25-48)49-26-18-19-43(39-49)44-31-34-53-51-27-14-16-29-57(51)64(60(53)40-44)46-32-36-59-54(41-46)52-28-15-17-30-58(52)63(59)45-20-8-5-9-21-45/h5-36,39-42H,37-38H2,1-4H3. The molecule has 12 rings (SSSR count). The highest BCUT2D eigenvalue weighted by Crippen LogP contribution is 2.45. The number of fused-ring (bicyclic) bond motifs is 7. The largest absolute Gasteiger partial charge is 0.309 e. The summed E-state index contributed by atoms with van der Waals surface area (Å²) in [7, 11) is -2.85. The summed E-state index contributed by atoms with van der Waals surface area (Å²) in [6, 6.07) is 82.6. The minimum Gasteiger partial charge on any atom is -0.309 e. The summed E-state index contributed by atoms with van der Waals surface area (Å²) in [5.74, 6) is 0. The Hall–Kier alpha value is -7.20. The lowest BCUT2D eigenvalue weighted by molar-refractivity contribution is 0.332. The van der Waals surface area contributed by atoms with Crippen molar-refractivity contribution in [3.05, 3.63) is 230 Å². The fourth-order valence-corrected chi connectivity index (χ4v) is 16.3. The van der Waals surface area contributed by atoms with Crippen LogP contribution in [0.4, 0.5) is 0 Å². The van der Waals surface area contributed by atoms with Crippen molar-refractivity contribution < 1.29 is 0 Å². The molecule has 1 aliphatic rings. The van der Waals surface area contributed by atoms with E-state index in [1.165, 1.54) is 105 Å². The summed E-state index contributed by atoms with van der Waals surface area (Å²) in [5, 5.41) is 10.6. The minimum atomic E-state index is -2.85. The van der Waals surface area contributed by atoms with Crippen LogP contribution in [0.2, 0.25) is 0 Å². The van der Waals surface area contributed by atoms with Crippen molar-refractivity contribution in [2.24, 2.45) is 0 Å². The molecule has 0 N–H and O–H groups in total. The Morgan fingerprint density at radius 2 is 0.831 bits per heavy atom. The molecule has 0 atom stereocenters. The van der Waals surface area contributed by atoms with Gasteiger partial charge in [0.25, 0.3) is 0 Å². The van der Waals surface area contributed by atoms with Crippen LogP contribution in [0.3, 0.4) is 0 Å². The molecule has 0 saturated carbocycles. The van der Waals surface area contributed by atoms with Crippen LogP contribution in [0.5, 0.6) is 0 Å². The first-order valence-corrected chi connectivity index (χ1v) is 25.2. The van der Waals surface area contributed by atoms with E-state index in [1.54, 1.807) is 0 Å². The van der Waals surface area contributed by atoms with Crippen LogP contribution in [0, 0.1) is 0 Å².